The van der Waals surface area contributed by atoms with Gasteiger partial charge in [0.1, 0.15) is 0 Å². The van der Waals surface area contributed by atoms with Gasteiger partial charge in [0, 0.05) is 25.0 Å². The summed E-state index contributed by atoms with van der Waals surface area (Å²) < 4.78 is 0. The average molecular weight is 478 g/mol. The number of hydrogen-bond acceptors (Lipinski definition) is 3. The summed E-state index contributed by atoms with van der Waals surface area (Å²) in [6.45, 7) is 9.84. The van der Waals surface area contributed by atoms with Crippen LogP contribution in [0.2, 0.25) is 0 Å². The zero-order valence-corrected chi connectivity index (χ0v) is 19.2. The third-order valence-electron chi connectivity index (χ3n) is 3.73. The molecule has 5 nitrogen and oxygen atoms in total. The van der Waals surface area contributed by atoms with Crippen molar-refractivity contribution in [2.24, 2.45) is 10.4 Å². The standard InChI is InChI=1S/C18H30N4OS.HI/c1-7-20-17(22-12-18(3,4)16(23)19-5)21-11-14-9-8-13(2)10-15(14)24-6;/h8-10H,7,11-12H2,1-6H3,(H,19,23)(H2,20,21,22);1H. The number of thioether (sulfide) groups is 1. The smallest absolute Gasteiger partial charge is 0.227 e. The van der Waals surface area contributed by atoms with Crippen LogP contribution in [-0.4, -0.2) is 38.3 Å². The van der Waals surface area contributed by atoms with Gasteiger partial charge in [-0.15, -0.1) is 35.7 Å². The molecule has 0 bridgehead atoms. The van der Waals surface area contributed by atoms with Gasteiger partial charge in [0.15, 0.2) is 5.96 Å². The van der Waals surface area contributed by atoms with Crippen LogP contribution >= 0.6 is 35.7 Å². The van der Waals surface area contributed by atoms with Crippen molar-refractivity contribution in [3.05, 3.63) is 29.3 Å². The number of hydrogen-bond donors (Lipinski definition) is 3. The maximum Gasteiger partial charge on any atom is 0.227 e. The fourth-order valence-corrected chi connectivity index (χ4v) is 2.91. The lowest BCUT2D eigenvalue weighted by Gasteiger charge is -2.24. The monoisotopic (exact) mass is 478 g/mol. The van der Waals surface area contributed by atoms with Gasteiger partial charge in [0.2, 0.25) is 5.91 Å². The summed E-state index contributed by atoms with van der Waals surface area (Å²) >= 11 is 1.74. The van der Waals surface area contributed by atoms with Crippen LogP contribution in [0.1, 0.15) is 31.9 Å². The molecule has 1 aromatic rings. The Balaban J connectivity index is 0.00000576. The molecule has 1 amide bonds. The quantitative estimate of drug-likeness (QED) is 0.244. The zero-order valence-electron chi connectivity index (χ0n) is 16.0. The molecule has 0 aliphatic carbocycles. The second-order valence-electron chi connectivity index (χ2n) is 6.33. The van der Waals surface area contributed by atoms with E-state index in [4.69, 9.17) is 0 Å². The molecule has 0 radical (unpaired) electrons. The predicted octanol–water partition coefficient (Wildman–Crippen LogP) is 3.16. The molecule has 0 saturated carbocycles. The molecule has 1 aromatic carbocycles. The highest BCUT2D eigenvalue weighted by Crippen LogP contribution is 2.22. The highest BCUT2D eigenvalue weighted by atomic mass is 127. The molecule has 0 fully saturated rings. The van der Waals surface area contributed by atoms with Crippen LogP contribution in [0.3, 0.4) is 0 Å². The van der Waals surface area contributed by atoms with E-state index in [1.807, 2.05) is 20.8 Å². The Kier molecular flexibility index (Phi) is 11.2. The molecule has 25 heavy (non-hydrogen) atoms. The van der Waals surface area contributed by atoms with Crippen molar-refractivity contribution in [1.29, 1.82) is 0 Å². The van der Waals surface area contributed by atoms with Gasteiger partial charge in [-0.25, -0.2) is 4.99 Å². The second-order valence-corrected chi connectivity index (χ2v) is 7.18. The van der Waals surface area contributed by atoms with E-state index in [9.17, 15) is 4.79 Å². The minimum atomic E-state index is -0.501. The third-order valence-corrected chi connectivity index (χ3v) is 4.55. The van der Waals surface area contributed by atoms with Crippen LogP contribution < -0.4 is 16.0 Å². The maximum absolute atomic E-state index is 11.9. The maximum atomic E-state index is 11.9. The van der Waals surface area contributed by atoms with Gasteiger partial charge in [0.05, 0.1) is 12.0 Å². The number of halogens is 1. The number of aryl methyl sites for hydroxylation is 1. The van der Waals surface area contributed by atoms with E-state index in [0.717, 1.165) is 12.5 Å². The van der Waals surface area contributed by atoms with Crippen LogP contribution in [0.25, 0.3) is 0 Å². The number of nitrogens with zero attached hydrogens (tertiary/aromatic N) is 1. The highest BCUT2D eigenvalue weighted by Gasteiger charge is 2.26. The van der Waals surface area contributed by atoms with Crippen molar-refractivity contribution < 1.29 is 4.79 Å². The molecular formula is C18H31IN4OS. The zero-order chi connectivity index (χ0) is 18.2. The lowest BCUT2D eigenvalue weighted by Crippen LogP contribution is -2.47. The van der Waals surface area contributed by atoms with Crippen molar-refractivity contribution in [3.8, 4) is 0 Å². The van der Waals surface area contributed by atoms with E-state index >= 15 is 0 Å². The number of nitrogens with one attached hydrogen (secondary N) is 3. The summed E-state index contributed by atoms with van der Waals surface area (Å²) in [7, 11) is 1.66. The van der Waals surface area contributed by atoms with Gasteiger partial charge in [0.25, 0.3) is 0 Å². The molecule has 0 spiro atoms. The van der Waals surface area contributed by atoms with E-state index in [2.05, 4.69) is 52.3 Å². The van der Waals surface area contributed by atoms with Crippen molar-refractivity contribution >= 4 is 47.6 Å². The molecule has 0 saturated heterocycles. The first-order valence-electron chi connectivity index (χ1n) is 8.22. The molecule has 1 rings (SSSR count). The third kappa shape index (κ3) is 7.85. The van der Waals surface area contributed by atoms with Crippen LogP contribution in [0.4, 0.5) is 0 Å². The molecule has 3 N–H and O–H groups in total. The summed E-state index contributed by atoms with van der Waals surface area (Å²) in [5.41, 5.74) is 1.96. The molecule has 0 aliphatic rings. The summed E-state index contributed by atoms with van der Waals surface area (Å²) in [5.74, 6) is 0.733. The van der Waals surface area contributed by atoms with Crippen LogP contribution in [0.5, 0.6) is 0 Å². The Morgan fingerprint density at radius 3 is 2.52 bits per heavy atom. The SMILES string of the molecule is CCNC(=NCc1ccc(C)cc1SC)NCC(C)(C)C(=O)NC.I. The first kappa shape index (κ1) is 24.0. The first-order valence-corrected chi connectivity index (χ1v) is 9.44. The van der Waals surface area contributed by atoms with Gasteiger partial charge in [-0.2, -0.15) is 0 Å². The van der Waals surface area contributed by atoms with Crippen LogP contribution in [0, 0.1) is 12.3 Å². The Morgan fingerprint density at radius 2 is 1.96 bits per heavy atom. The number of carbonyl (C=O) groups is 1. The Bertz CT molecular complexity index is 590. The number of rotatable bonds is 7. The van der Waals surface area contributed by atoms with Crippen molar-refractivity contribution in [2.45, 2.75) is 39.1 Å². The molecule has 0 heterocycles. The number of carbonyl (C=O) groups excluding carboxylic acids is 1. The molecule has 0 unspecified atom stereocenters. The second kappa shape index (κ2) is 11.6. The summed E-state index contributed by atoms with van der Waals surface area (Å²) in [4.78, 5) is 17.8. The fraction of sp³-hybridized carbons (Fsp3) is 0.556. The Hall–Kier alpha value is -0.960. The Morgan fingerprint density at radius 1 is 1.28 bits per heavy atom. The predicted molar refractivity (Wildman–Crippen MR) is 119 cm³/mol. The molecule has 0 aromatic heterocycles. The average Bonchev–Trinajstić information content (AvgIpc) is 2.57. The molecule has 142 valence electrons. The lowest BCUT2D eigenvalue weighted by molar-refractivity contribution is -0.128. The van der Waals surface area contributed by atoms with Crippen molar-refractivity contribution in [2.75, 3.05) is 26.4 Å². The van der Waals surface area contributed by atoms with Crippen LogP contribution in [-0.2, 0) is 11.3 Å². The molecule has 7 heteroatoms. The number of benzene rings is 1. The van der Waals surface area contributed by atoms with Crippen molar-refractivity contribution in [1.82, 2.24) is 16.0 Å². The minimum absolute atomic E-state index is 0. The normalized spacial score (nSPS) is 11.5. The van der Waals surface area contributed by atoms with Gasteiger partial charge >= 0.3 is 0 Å². The van der Waals surface area contributed by atoms with Gasteiger partial charge in [-0.3, -0.25) is 4.79 Å². The summed E-state index contributed by atoms with van der Waals surface area (Å²) in [6.07, 6.45) is 2.08. The lowest BCUT2D eigenvalue weighted by atomic mass is 9.92. The molecule has 0 aliphatic heterocycles. The van der Waals surface area contributed by atoms with E-state index in [0.29, 0.717) is 13.1 Å². The fourth-order valence-electron chi connectivity index (χ4n) is 2.21. The minimum Gasteiger partial charge on any atom is -0.359 e. The highest BCUT2D eigenvalue weighted by molar-refractivity contribution is 14.0. The van der Waals surface area contributed by atoms with E-state index < -0.39 is 5.41 Å². The van der Waals surface area contributed by atoms with Crippen LogP contribution in [0.15, 0.2) is 28.1 Å². The number of guanidine groups is 1. The Labute approximate surface area is 173 Å². The topological polar surface area (TPSA) is 65.5 Å². The van der Waals surface area contributed by atoms with Gasteiger partial charge in [-0.1, -0.05) is 12.1 Å². The molecule has 0 atom stereocenters. The summed E-state index contributed by atoms with van der Waals surface area (Å²) in [5, 5.41) is 9.20. The first-order chi connectivity index (χ1) is 11.3. The van der Waals surface area contributed by atoms with E-state index in [1.54, 1.807) is 18.8 Å². The van der Waals surface area contributed by atoms with Gasteiger partial charge in [-0.05, 0) is 51.1 Å². The van der Waals surface area contributed by atoms with Crippen molar-refractivity contribution in [3.63, 3.8) is 0 Å². The van der Waals surface area contributed by atoms with E-state index in [-0.39, 0.29) is 29.9 Å². The van der Waals surface area contributed by atoms with E-state index in [1.165, 1.54) is 16.0 Å². The number of aliphatic imine (C=N–C) groups is 1. The largest absolute Gasteiger partial charge is 0.359 e. The number of amides is 1. The van der Waals surface area contributed by atoms with Gasteiger partial charge < -0.3 is 16.0 Å². The summed E-state index contributed by atoms with van der Waals surface area (Å²) in [6, 6.07) is 6.42. The molecular weight excluding hydrogens is 447 g/mol.